The van der Waals surface area contributed by atoms with E-state index in [1.54, 1.807) is 12.1 Å². The van der Waals surface area contributed by atoms with Gasteiger partial charge in [-0.2, -0.15) is 0 Å². The summed E-state index contributed by atoms with van der Waals surface area (Å²) in [4.78, 5) is 17.2. The quantitative estimate of drug-likeness (QED) is 0.827. The van der Waals surface area contributed by atoms with Crippen molar-refractivity contribution in [3.05, 3.63) is 29.3 Å². The Kier molecular flexibility index (Phi) is 3.31. The minimum absolute atomic E-state index is 0.0914. The van der Waals surface area contributed by atoms with E-state index in [9.17, 15) is 4.79 Å². The van der Waals surface area contributed by atoms with Crippen molar-refractivity contribution < 1.29 is 19.1 Å². The fourth-order valence-electron chi connectivity index (χ4n) is 2.63. The van der Waals surface area contributed by atoms with E-state index >= 15 is 0 Å². The van der Waals surface area contributed by atoms with Crippen molar-refractivity contribution in [2.24, 2.45) is 11.1 Å². The SMILES string of the molecule is COC(=O)c1cc(C2=NOC3CNCC23)ccc1OC. The highest BCUT2D eigenvalue weighted by Crippen LogP contribution is 2.28. The summed E-state index contributed by atoms with van der Waals surface area (Å²) in [5.74, 6) is 0.291. The molecule has 6 heteroatoms. The van der Waals surface area contributed by atoms with Gasteiger partial charge < -0.3 is 19.6 Å². The fraction of sp³-hybridized carbons (Fsp3) is 0.429. The molecule has 1 fully saturated rings. The third-order valence-corrected chi connectivity index (χ3v) is 3.70. The summed E-state index contributed by atoms with van der Waals surface area (Å²) in [5, 5.41) is 7.43. The van der Waals surface area contributed by atoms with Crippen molar-refractivity contribution >= 4 is 11.7 Å². The van der Waals surface area contributed by atoms with E-state index in [1.165, 1.54) is 14.2 Å². The number of oxime groups is 1. The Morgan fingerprint density at radius 2 is 2.25 bits per heavy atom. The molecule has 2 heterocycles. The average molecular weight is 276 g/mol. The maximum absolute atomic E-state index is 11.8. The van der Waals surface area contributed by atoms with Crippen molar-refractivity contribution in [2.45, 2.75) is 6.10 Å². The molecule has 20 heavy (non-hydrogen) atoms. The molecule has 0 radical (unpaired) electrons. The van der Waals surface area contributed by atoms with Crippen LogP contribution in [0.3, 0.4) is 0 Å². The molecule has 1 N–H and O–H groups in total. The van der Waals surface area contributed by atoms with E-state index in [1.807, 2.05) is 6.07 Å². The minimum Gasteiger partial charge on any atom is -0.496 e. The molecular formula is C14H16N2O4. The molecular weight excluding hydrogens is 260 g/mol. The number of rotatable bonds is 3. The molecule has 0 spiro atoms. The molecule has 2 atom stereocenters. The number of nitrogens with one attached hydrogen (secondary N) is 1. The van der Waals surface area contributed by atoms with Gasteiger partial charge in [0.15, 0.2) is 0 Å². The van der Waals surface area contributed by atoms with Gasteiger partial charge in [0, 0.05) is 18.7 Å². The highest BCUT2D eigenvalue weighted by Gasteiger charge is 2.38. The third-order valence-electron chi connectivity index (χ3n) is 3.70. The van der Waals surface area contributed by atoms with Crippen LogP contribution in [0.1, 0.15) is 15.9 Å². The summed E-state index contributed by atoms with van der Waals surface area (Å²) in [6.45, 7) is 1.64. The van der Waals surface area contributed by atoms with E-state index in [0.717, 1.165) is 24.4 Å². The van der Waals surface area contributed by atoms with Crippen LogP contribution < -0.4 is 10.1 Å². The lowest BCUT2D eigenvalue weighted by Crippen LogP contribution is -2.22. The van der Waals surface area contributed by atoms with Gasteiger partial charge in [0.1, 0.15) is 17.4 Å². The molecule has 0 amide bonds. The third kappa shape index (κ3) is 2.02. The second-order valence-corrected chi connectivity index (χ2v) is 4.79. The first-order valence-electron chi connectivity index (χ1n) is 6.45. The van der Waals surface area contributed by atoms with Crippen LogP contribution in [0.4, 0.5) is 0 Å². The van der Waals surface area contributed by atoms with Crippen molar-refractivity contribution in [3.8, 4) is 5.75 Å². The fourth-order valence-corrected chi connectivity index (χ4v) is 2.63. The molecule has 3 rings (SSSR count). The van der Waals surface area contributed by atoms with Gasteiger partial charge >= 0.3 is 5.97 Å². The van der Waals surface area contributed by atoms with E-state index < -0.39 is 5.97 Å². The van der Waals surface area contributed by atoms with Crippen molar-refractivity contribution in [2.75, 3.05) is 27.3 Å². The molecule has 1 saturated heterocycles. The molecule has 2 aliphatic heterocycles. The standard InChI is InChI=1S/C14H16N2O4/c1-18-11-4-3-8(5-9(11)14(17)19-2)13-10-6-15-7-12(10)20-16-13/h3-5,10,12,15H,6-7H2,1-2H3. The largest absolute Gasteiger partial charge is 0.496 e. The van der Waals surface area contributed by atoms with E-state index in [2.05, 4.69) is 10.5 Å². The van der Waals surface area contributed by atoms with E-state index in [-0.39, 0.29) is 12.0 Å². The molecule has 1 aromatic carbocycles. The van der Waals surface area contributed by atoms with Crippen LogP contribution in [0.5, 0.6) is 5.75 Å². The number of ether oxygens (including phenoxy) is 2. The molecule has 0 bridgehead atoms. The zero-order valence-electron chi connectivity index (χ0n) is 11.4. The van der Waals surface area contributed by atoms with E-state index in [0.29, 0.717) is 11.3 Å². The van der Waals surface area contributed by atoms with Crippen LogP contribution >= 0.6 is 0 Å². The Balaban J connectivity index is 1.96. The van der Waals surface area contributed by atoms with Gasteiger partial charge in [-0.1, -0.05) is 5.16 Å². The van der Waals surface area contributed by atoms with Crippen LogP contribution in [-0.4, -0.2) is 45.1 Å². The van der Waals surface area contributed by atoms with Crippen LogP contribution in [-0.2, 0) is 9.57 Å². The topological polar surface area (TPSA) is 69.2 Å². The minimum atomic E-state index is -0.427. The highest BCUT2D eigenvalue weighted by molar-refractivity contribution is 6.05. The maximum Gasteiger partial charge on any atom is 0.341 e. The summed E-state index contributed by atoms with van der Waals surface area (Å²) >= 11 is 0. The normalized spacial score (nSPS) is 23.8. The lowest BCUT2D eigenvalue weighted by molar-refractivity contribution is 0.0597. The van der Waals surface area contributed by atoms with Crippen LogP contribution in [0.2, 0.25) is 0 Å². The molecule has 0 aromatic heterocycles. The van der Waals surface area contributed by atoms with Gasteiger partial charge in [0.2, 0.25) is 0 Å². The predicted molar refractivity (Wildman–Crippen MR) is 72.1 cm³/mol. The first-order valence-corrected chi connectivity index (χ1v) is 6.45. The van der Waals surface area contributed by atoms with Crippen molar-refractivity contribution in [1.82, 2.24) is 5.32 Å². The Bertz CT molecular complexity index is 570. The first kappa shape index (κ1) is 12.9. The van der Waals surface area contributed by atoms with Crippen LogP contribution in [0.15, 0.2) is 23.4 Å². The number of benzene rings is 1. The highest BCUT2D eigenvalue weighted by atomic mass is 16.6. The zero-order chi connectivity index (χ0) is 14.1. The Labute approximate surface area is 116 Å². The summed E-state index contributed by atoms with van der Waals surface area (Å²) in [7, 11) is 2.87. The van der Waals surface area contributed by atoms with Crippen molar-refractivity contribution in [1.29, 1.82) is 0 Å². The number of hydrogen-bond acceptors (Lipinski definition) is 6. The molecule has 0 aliphatic carbocycles. The smallest absolute Gasteiger partial charge is 0.341 e. The molecule has 2 aliphatic rings. The second-order valence-electron chi connectivity index (χ2n) is 4.79. The molecule has 2 unspecified atom stereocenters. The summed E-state index contributed by atoms with van der Waals surface area (Å²) in [5.41, 5.74) is 2.12. The number of nitrogens with zero attached hydrogens (tertiary/aromatic N) is 1. The van der Waals surface area contributed by atoms with Gasteiger partial charge in [-0.05, 0) is 18.2 Å². The van der Waals surface area contributed by atoms with Gasteiger partial charge in [-0.25, -0.2) is 4.79 Å². The predicted octanol–water partition coefficient (Wildman–Crippen LogP) is 0.804. The van der Waals surface area contributed by atoms with Crippen LogP contribution in [0, 0.1) is 5.92 Å². The molecule has 1 aromatic rings. The van der Waals surface area contributed by atoms with Crippen LogP contribution in [0.25, 0.3) is 0 Å². The summed E-state index contributed by atoms with van der Waals surface area (Å²) < 4.78 is 9.97. The summed E-state index contributed by atoms with van der Waals surface area (Å²) in [6.07, 6.45) is 0.0914. The number of hydrogen-bond donors (Lipinski definition) is 1. The second kappa shape index (κ2) is 5.13. The number of esters is 1. The monoisotopic (exact) mass is 276 g/mol. The van der Waals surface area contributed by atoms with Gasteiger partial charge in [-0.15, -0.1) is 0 Å². The molecule has 0 saturated carbocycles. The number of methoxy groups -OCH3 is 2. The zero-order valence-corrected chi connectivity index (χ0v) is 11.4. The first-order chi connectivity index (χ1) is 9.74. The Morgan fingerprint density at radius 1 is 1.40 bits per heavy atom. The molecule has 6 nitrogen and oxygen atoms in total. The van der Waals surface area contributed by atoms with Gasteiger partial charge in [0.25, 0.3) is 0 Å². The Hall–Kier alpha value is -2.08. The Morgan fingerprint density at radius 3 is 3.00 bits per heavy atom. The van der Waals surface area contributed by atoms with Crippen molar-refractivity contribution in [3.63, 3.8) is 0 Å². The average Bonchev–Trinajstić information content (AvgIpc) is 3.08. The number of carbonyl (C=O) groups is 1. The summed E-state index contributed by atoms with van der Waals surface area (Å²) in [6, 6.07) is 5.38. The number of carbonyl (C=O) groups excluding carboxylic acids is 1. The lowest BCUT2D eigenvalue weighted by atomic mass is 9.93. The lowest BCUT2D eigenvalue weighted by Gasteiger charge is -2.11. The number of fused-ring (bicyclic) bond motifs is 1. The van der Waals surface area contributed by atoms with E-state index in [4.69, 9.17) is 14.3 Å². The maximum atomic E-state index is 11.8. The molecule has 106 valence electrons. The van der Waals surface area contributed by atoms with Gasteiger partial charge in [-0.3, -0.25) is 0 Å². The van der Waals surface area contributed by atoms with Gasteiger partial charge in [0.05, 0.1) is 25.8 Å².